The number of Topliss-reactive ketones (excluding diaryl/α,β-unsaturated/α-hetero) is 1. The van der Waals surface area contributed by atoms with Crippen LogP contribution in [-0.4, -0.2) is 95.3 Å². The number of benzene rings is 2. The number of hydrogen-bond acceptors (Lipinski definition) is 11. The maximum atomic E-state index is 15.2. The molecule has 13 heteroatoms. The molecule has 2 aromatic carbocycles. The van der Waals surface area contributed by atoms with E-state index in [2.05, 4.69) is 0 Å². The van der Waals surface area contributed by atoms with E-state index in [1.54, 1.807) is 75.4 Å². The van der Waals surface area contributed by atoms with Crippen molar-refractivity contribution in [3.63, 3.8) is 0 Å². The first-order valence-corrected chi connectivity index (χ1v) is 19.4. The van der Waals surface area contributed by atoms with Gasteiger partial charge in [0, 0.05) is 30.1 Å². The molecular weight excluding hydrogens is 717 g/mol. The quantitative estimate of drug-likeness (QED) is 0.183. The first kappa shape index (κ1) is 38.5. The number of rotatable bonds is 6. The van der Waals surface area contributed by atoms with E-state index in [-0.39, 0.29) is 30.3 Å². The summed E-state index contributed by atoms with van der Waals surface area (Å²) in [5, 5.41) is 13.6. The number of aliphatic hydroxyl groups is 1. The van der Waals surface area contributed by atoms with Crippen LogP contribution in [0.1, 0.15) is 89.7 Å². The molecule has 5 fully saturated rings. The van der Waals surface area contributed by atoms with Crippen LogP contribution in [0, 0.1) is 28.6 Å². The lowest BCUT2D eigenvalue weighted by atomic mass is 9.47. The van der Waals surface area contributed by atoms with E-state index in [0.717, 1.165) is 0 Å². The third-order valence-electron chi connectivity index (χ3n) is 14.0. The van der Waals surface area contributed by atoms with Crippen molar-refractivity contribution in [2.45, 2.75) is 115 Å². The normalized spacial score (nSPS) is 38.7. The molecule has 1 amide bonds. The molecule has 8 rings (SSSR count). The fraction of sp³-hybridized carbons (Fsp3) is 0.558. The van der Waals surface area contributed by atoms with E-state index in [0.29, 0.717) is 29.6 Å². The molecular formula is C43H48BNO11. The van der Waals surface area contributed by atoms with E-state index in [1.807, 2.05) is 26.8 Å². The molecule has 294 valence electrons. The molecule has 0 aromatic heterocycles. The maximum Gasteiger partial charge on any atom is 0.338 e. The van der Waals surface area contributed by atoms with Crippen LogP contribution >= 0.6 is 0 Å². The number of ketones is 1. The smallest absolute Gasteiger partial charge is 0.338 e. The van der Waals surface area contributed by atoms with Crippen molar-refractivity contribution in [1.29, 1.82) is 0 Å². The number of nitrogens with zero attached hydrogens (tertiary/aromatic N) is 1. The van der Waals surface area contributed by atoms with E-state index in [1.165, 1.54) is 11.8 Å². The van der Waals surface area contributed by atoms with Gasteiger partial charge in [0.15, 0.2) is 17.5 Å². The van der Waals surface area contributed by atoms with E-state index in [9.17, 15) is 24.3 Å². The zero-order chi connectivity index (χ0) is 40.3. The number of amides is 1. The SMILES string of the molecule is [B]C(=O)N1C(c2ccccc2)[C@H](C(=O)O[C@H]2C[C@@]3(O)[C@@H](OC(=O)c4ccccc4)[C@@H]4[C@]5(OC(C)=O)CO[C@@H]5C[C@@H]5C[C@@]54C(=O)[C@H](C)C(=C2C)C3(C)C)OC1(C)C. The lowest BCUT2D eigenvalue weighted by molar-refractivity contribution is -0.322. The molecule has 2 radical (unpaired) electrons. The Morgan fingerprint density at radius 2 is 1.59 bits per heavy atom. The summed E-state index contributed by atoms with van der Waals surface area (Å²) in [5.74, 6) is -4.91. The molecule has 12 nitrogen and oxygen atoms in total. The first-order chi connectivity index (χ1) is 26.3. The van der Waals surface area contributed by atoms with Gasteiger partial charge >= 0.3 is 17.9 Å². The predicted octanol–water partition coefficient (Wildman–Crippen LogP) is 5.01. The van der Waals surface area contributed by atoms with Gasteiger partial charge in [-0.2, -0.15) is 0 Å². The molecule has 2 aromatic rings. The standard InChI is InChI=1S/C43H48BNO11/c1-22-28(53-37(49)32-31(25-14-10-8-11-15-25)45(38(44)50)40(6,7)56-32)20-43(51)35(54-36(48)26-16-12-9-13-17-26)33-41(34(47)23(2)30(22)39(43,4)5)19-27(41)18-29-42(33,21-52-29)55-24(3)46/h8-17,23,27-29,31-33,35,51H,18-21H2,1-7H3/t23-,27-,28+,29-,31?,32-,33+,35+,41-,42+,43-/m1/s1. The Kier molecular flexibility index (Phi) is 8.84. The molecule has 11 atom stereocenters. The zero-order valence-electron chi connectivity index (χ0n) is 32.8. The Labute approximate surface area is 327 Å². The largest absolute Gasteiger partial charge is 0.456 e. The highest BCUT2D eigenvalue weighted by molar-refractivity contribution is 6.57. The zero-order valence-corrected chi connectivity index (χ0v) is 32.8. The van der Waals surface area contributed by atoms with E-state index >= 15 is 4.79 Å². The van der Waals surface area contributed by atoms with Gasteiger partial charge in [-0.3, -0.25) is 14.4 Å². The number of fused-ring (bicyclic) bond motifs is 4. The first-order valence-electron chi connectivity index (χ1n) is 19.4. The van der Waals surface area contributed by atoms with Crippen molar-refractivity contribution < 1.29 is 52.8 Å². The second-order valence-corrected chi connectivity index (χ2v) is 17.6. The average Bonchev–Trinajstić information content (AvgIpc) is 3.78. The lowest BCUT2D eigenvalue weighted by Crippen LogP contribution is -2.77. The molecule has 2 saturated heterocycles. The minimum absolute atomic E-state index is 0.0415. The fourth-order valence-electron chi connectivity index (χ4n) is 11.5. The summed E-state index contributed by atoms with van der Waals surface area (Å²) < 4.78 is 31.4. The van der Waals surface area contributed by atoms with Crippen LogP contribution in [-0.2, 0) is 38.1 Å². The number of hydrogen-bond donors (Lipinski definition) is 1. The summed E-state index contributed by atoms with van der Waals surface area (Å²) in [7, 11) is 5.87. The Morgan fingerprint density at radius 1 is 0.946 bits per heavy atom. The third kappa shape index (κ3) is 5.32. The van der Waals surface area contributed by atoms with Crippen molar-refractivity contribution in [2.24, 2.45) is 28.6 Å². The highest BCUT2D eigenvalue weighted by Gasteiger charge is 2.83. The summed E-state index contributed by atoms with van der Waals surface area (Å²) >= 11 is 0. The van der Waals surface area contributed by atoms with Gasteiger partial charge in [-0.15, -0.1) is 0 Å². The lowest BCUT2D eigenvalue weighted by Gasteiger charge is -2.64. The maximum absolute atomic E-state index is 15.2. The van der Waals surface area contributed by atoms with Crippen molar-refractivity contribution in [1.82, 2.24) is 4.90 Å². The van der Waals surface area contributed by atoms with Gasteiger partial charge in [-0.1, -0.05) is 69.3 Å². The van der Waals surface area contributed by atoms with E-state index < -0.39 is 93.8 Å². The van der Waals surface area contributed by atoms with Crippen molar-refractivity contribution in [2.75, 3.05) is 6.61 Å². The number of carbonyl (C=O) groups excluding carboxylic acids is 5. The van der Waals surface area contributed by atoms with Crippen LogP contribution in [0.25, 0.3) is 0 Å². The predicted molar refractivity (Wildman–Crippen MR) is 200 cm³/mol. The summed E-state index contributed by atoms with van der Waals surface area (Å²) in [6, 6.07) is 16.3. The Hall–Kier alpha value is -4.33. The van der Waals surface area contributed by atoms with Crippen molar-refractivity contribution in [3.05, 3.63) is 82.9 Å². The topological polar surface area (TPSA) is 155 Å². The van der Waals surface area contributed by atoms with Crippen LogP contribution in [0.5, 0.6) is 0 Å². The highest BCUT2D eigenvalue weighted by Crippen LogP contribution is 2.75. The van der Waals surface area contributed by atoms with Gasteiger partial charge in [0.05, 0.1) is 24.1 Å². The molecule has 56 heavy (non-hydrogen) atoms. The van der Waals surface area contributed by atoms with Crippen LogP contribution < -0.4 is 0 Å². The molecule has 2 aliphatic heterocycles. The summed E-state index contributed by atoms with van der Waals surface area (Å²) in [5.41, 5.74) is -4.97. The van der Waals surface area contributed by atoms with Gasteiger partial charge in [0.1, 0.15) is 35.4 Å². The Balaban J connectivity index is 1.26. The second kappa shape index (κ2) is 12.8. The second-order valence-electron chi connectivity index (χ2n) is 17.6. The molecule has 1 N–H and O–H groups in total. The number of esters is 3. The number of carbonyl (C=O) groups is 5. The van der Waals surface area contributed by atoms with Crippen LogP contribution in [0.4, 0.5) is 4.79 Å². The van der Waals surface area contributed by atoms with Gasteiger partial charge in [-0.25, -0.2) is 9.59 Å². The molecule has 6 aliphatic rings. The van der Waals surface area contributed by atoms with Crippen LogP contribution in [0.15, 0.2) is 71.8 Å². The molecule has 2 heterocycles. The van der Waals surface area contributed by atoms with Gasteiger partial charge in [-0.05, 0) is 68.4 Å². The molecule has 3 saturated carbocycles. The van der Waals surface area contributed by atoms with Crippen molar-refractivity contribution >= 4 is 37.3 Å². The van der Waals surface area contributed by atoms with E-state index in [4.69, 9.17) is 31.5 Å². The van der Waals surface area contributed by atoms with Crippen LogP contribution in [0.2, 0.25) is 0 Å². The fourth-order valence-corrected chi connectivity index (χ4v) is 11.5. The van der Waals surface area contributed by atoms with Gasteiger partial charge < -0.3 is 33.7 Å². The summed E-state index contributed by atoms with van der Waals surface area (Å²) in [6.45, 7) is 11.8. The summed E-state index contributed by atoms with van der Waals surface area (Å²) in [4.78, 5) is 71.0. The Morgan fingerprint density at radius 3 is 2.18 bits per heavy atom. The number of ether oxygens (including phenoxy) is 5. The third-order valence-corrected chi connectivity index (χ3v) is 14.0. The molecule has 2 bridgehead atoms. The average molecular weight is 766 g/mol. The minimum Gasteiger partial charge on any atom is -0.456 e. The van der Waals surface area contributed by atoms with Crippen LogP contribution in [0.3, 0.4) is 0 Å². The highest BCUT2D eigenvalue weighted by atomic mass is 16.6. The van der Waals surface area contributed by atoms with Gasteiger partial charge in [0.25, 0.3) is 0 Å². The molecule has 1 spiro atoms. The Bertz CT molecular complexity index is 2030. The van der Waals surface area contributed by atoms with Gasteiger partial charge in [0.2, 0.25) is 7.85 Å². The monoisotopic (exact) mass is 765 g/mol. The summed E-state index contributed by atoms with van der Waals surface area (Å²) in [6.07, 6.45) is -3.75. The van der Waals surface area contributed by atoms with Crippen molar-refractivity contribution in [3.8, 4) is 0 Å². The molecule has 1 unspecified atom stereocenters. The minimum atomic E-state index is -1.99. The molecule has 4 aliphatic carbocycles.